The lowest BCUT2D eigenvalue weighted by molar-refractivity contribution is 0.393. The molecule has 0 bridgehead atoms. The van der Waals surface area contributed by atoms with Gasteiger partial charge in [-0.1, -0.05) is 0 Å². The standard InChI is InChI=1S/C12H17NO2/c1-14-10-3-8(4-11(6-10)15-2)12-5-9(12)7-13/h3-4,6,9,12H,5,7,13H2,1-2H3/t9-,12+/m0/s1. The van der Waals surface area contributed by atoms with Crippen molar-refractivity contribution in [3.8, 4) is 11.5 Å². The molecule has 2 atom stereocenters. The van der Waals surface area contributed by atoms with Gasteiger partial charge in [-0.25, -0.2) is 0 Å². The second-order valence-corrected chi connectivity index (χ2v) is 3.98. The minimum absolute atomic E-state index is 0.596. The van der Waals surface area contributed by atoms with E-state index in [1.807, 2.05) is 6.07 Å². The fraction of sp³-hybridized carbons (Fsp3) is 0.500. The third-order valence-electron chi connectivity index (χ3n) is 3.03. The summed E-state index contributed by atoms with van der Waals surface area (Å²) >= 11 is 0. The van der Waals surface area contributed by atoms with Gasteiger partial charge in [-0.3, -0.25) is 0 Å². The molecule has 1 saturated carbocycles. The van der Waals surface area contributed by atoms with Crippen LogP contribution in [0.2, 0.25) is 0 Å². The quantitative estimate of drug-likeness (QED) is 0.818. The molecule has 0 radical (unpaired) electrons. The monoisotopic (exact) mass is 207 g/mol. The average molecular weight is 207 g/mol. The SMILES string of the molecule is COc1cc(OC)cc([C@H]2C[C@H]2CN)c1. The maximum Gasteiger partial charge on any atom is 0.122 e. The van der Waals surface area contributed by atoms with E-state index in [2.05, 4.69) is 12.1 Å². The van der Waals surface area contributed by atoms with Gasteiger partial charge in [-0.15, -0.1) is 0 Å². The van der Waals surface area contributed by atoms with Gasteiger partial charge >= 0.3 is 0 Å². The number of hydrogen-bond acceptors (Lipinski definition) is 3. The molecule has 2 N–H and O–H groups in total. The van der Waals surface area contributed by atoms with Crippen LogP contribution in [0.5, 0.6) is 11.5 Å². The second kappa shape index (κ2) is 4.11. The van der Waals surface area contributed by atoms with E-state index in [0.29, 0.717) is 11.8 Å². The van der Waals surface area contributed by atoms with Crippen LogP contribution in [0.4, 0.5) is 0 Å². The van der Waals surface area contributed by atoms with Crippen LogP contribution in [-0.2, 0) is 0 Å². The predicted octanol–water partition coefficient (Wildman–Crippen LogP) is 1.77. The van der Waals surface area contributed by atoms with Gasteiger partial charge in [-0.2, -0.15) is 0 Å². The zero-order valence-corrected chi connectivity index (χ0v) is 9.19. The van der Waals surface area contributed by atoms with Crippen LogP contribution in [0, 0.1) is 5.92 Å². The molecule has 1 aromatic carbocycles. The number of hydrogen-bond donors (Lipinski definition) is 1. The minimum atomic E-state index is 0.596. The Kier molecular flexibility index (Phi) is 2.82. The second-order valence-electron chi connectivity index (χ2n) is 3.98. The summed E-state index contributed by atoms with van der Waals surface area (Å²) < 4.78 is 10.5. The van der Waals surface area contributed by atoms with E-state index in [-0.39, 0.29) is 0 Å². The highest BCUT2D eigenvalue weighted by atomic mass is 16.5. The molecular formula is C12H17NO2. The summed E-state index contributed by atoms with van der Waals surface area (Å²) in [7, 11) is 3.34. The molecule has 15 heavy (non-hydrogen) atoms. The van der Waals surface area contributed by atoms with Gasteiger partial charge in [0.2, 0.25) is 0 Å². The first-order valence-electron chi connectivity index (χ1n) is 5.21. The van der Waals surface area contributed by atoms with Gasteiger partial charge in [-0.05, 0) is 42.5 Å². The Balaban J connectivity index is 2.23. The van der Waals surface area contributed by atoms with Crippen molar-refractivity contribution < 1.29 is 9.47 Å². The number of rotatable bonds is 4. The normalized spacial score (nSPS) is 23.7. The highest BCUT2D eigenvalue weighted by molar-refractivity contribution is 5.41. The molecule has 0 aromatic heterocycles. The zero-order valence-electron chi connectivity index (χ0n) is 9.19. The molecule has 1 aromatic rings. The van der Waals surface area contributed by atoms with Crippen molar-refractivity contribution >= 4 is 0 Å². The van der Waals surface area contributed by atoms with Gasteiger partial charge in [0.1, 0.15) is 11.5 Å². The highest BCUT2D eigenvalue weighted by Crippen LogP contribution is 2.48. The topological polar surface area (TPSA) is 44.5 Å². The molecule has 0 amide bonds. The molecule has 0 saturated heterocycles. The van der Waals surface area contributed by atoms with E-state index in [1.165, 1.54) is 12.0 Å². The molecule has 0 unspecified atom stereocenters. The maximum absolute atomic E-state index is 5.64. The molecule has 1 fully saturated rings. The molecule has 0 heterocycles. The van der Waals surface area contributed by atoms with Crippen molar-refractivity contribution in [3.05, 3.63) is 23.8 Å². The van der Waals surface area contributed by atoms with Crippen molar-refractivity contribution in [1.29, 1.82) is 0 Å². The lowest BCUT2D eigenvalue weighted by Crippen LogP contribution is -2.02. The van der Waals surface area contributed by atoms with E-state index >= 15 is 0 Å². The first kappa shape index (κ1) is 10.3. The van der Waals surface area contributed by atoms with Crippen molar-refractivity contribution in [2.45, 2.75) is 12.3 Å². The Hall–Kier alpha value is -1.22. The first-order valence-corrected chi connectivity index (χ1v) is 5.21. The van der Waals surface area contributed by atoms with Gasteiger partial charge in [0.05, 0.1) is 14.2 Å². The van der Waals surface area contributed by atoms with E-state index in [1.54, 1.807) is 14.2 Å². The van der Waals surface area contributed by atoms with E-state index in [9.17, 15) is 0 Å². The Morgan fingerprint density at radius 3 is 2.20 bits per heavy atom. The number of methoxy groups -OCH3 is 2. The van der Waals surface area contributed by atoms with Crippen molar-refractivity contribution in [3.63, 3.8) is 0 Å². The van der Waals surface area contributed by atoms with Gasteiger partial charge < -0.3 is 15.2 Å². The summed E-state index contributed by atoms with van der Waals surface area (Å²) in [5, 5.41) is 0. The third-order valence-corrected chi connectivity index (χ3v) is 3.03. The Morgan fingerprint density at radius 1 is 1.20 bits per heavy atom. The molecular weight excluding hydrogens is 190 g/mol. The molecule has 1 aliphatic rings. The van der Waals surface area contributed by atoms with Gasteiger partial charge in [0, 0.05) is 6.07 Å². The summed E-state index contributed by atoms with van der Waals surface area (Å²) in [6, 6.07) is 6.04. The lowest BCUT2D eigenvalue weighted by atomic mass is 10.1. The molecule has 0 spiro atoms. The summed E-state index contributed by atoms with van der Waals surface area (Å²) in [5.41, 5.74) is 6.92. The fourth-order valence-electron chi connectivity index (χ4n) is 1.96. The first-order chi connectivity index (χ1) is 7.28. The smallest absolute Gasteiger partial charge is 0.122 e. The summed E-state index contributed by atoms with van der Waals surface area (Å²) in [6.45, 7) is 0.768. The average Bonchev–Trinajstić information content (AvgIpc) is 3.07. The van der Waals surface area contributed by atoms with Crippen LogP contribution in [0.15, 0.2) is 18.2 Å². The maximum atomic E-state index is 5.64. The Bertz CT molecular complexity index is 329. The molecule has 0 aliphatic heterocycles. The molecule has 3 heteroatoms. The van der Waals surface area contributed by atoms with Crippen LogP contribution < -0.4 is 15.2 Å². The Labute approximate surface area is 90.2 Å². The zero-order chi connectivity index (χ0) is 10.8. The third kappa shape index (κ3) is 2.07. The largest absolute Gasteiger partial charge is 0.497 e. The number of nitrogens with two attached hydrogens (primary N) is 1. The molecule has 82 valence electrons. The van der Waals surface area contributed by atoms with Crippen molar-refractivity contribution in [1.82, 2.24) is 0 Å². The number of benzene rings is 1. The summed E-state index contributed by atoms with van der Waals surface area (Å²) in [6.07, 6.45) is 1.19. The van der Waals surface area contributed by atoms with Crippen LogP contribution in [0.25, 0.3) is 0 Å². The van der Waals surface area contributed by atoms with Crippen molar-refractivity contribution in [2.75, 3.05) is 20.8 Å². The van der Waals surface area contributed by atoms with E-state index in [0.717, 1.165) is 18.0 Å². The van der Waals surface area contributed by atoms with E-state index in [4.69, 9.17) is 15.2 Å². The minimum Gasteiger partial charge on any atom is -0.497 e. The van der Waals surface area contributed by atoms with Crippen molar-refractivity contribution in [2.24, 2.45) is 11.7 Å². The number of ether oxygens (including phenoxy) is 2. The van der Waals surface area contributed by atoms with E-state index < -0.39 is 0 Å². The summed E-state index contributed by atoms with van der Waals surface area (Å²) in [4.78, 5) is 0. The highest BCUT2D eigenvalue weighted by Gasteiger charge is 2.37. The van der Waals surface area contributed by atoms with Crippen LogP contribution in [0.3, 0.4) is 0 Å². The van der Waals surface area contributed by atoms with Crippen LogP contribution >= 0.6 is 0 Å². The predicted molar refractivity (Wildman–Crippen MR) is 59.4 cm³/mol. The van der Waals surface area contributed by atoms with Gasteiger partial charge in [0.15, 0.2) is 0 Å². The fourth-order valence-corrected chi connectivity index (χ4v) is 1.96. The molecule has 3 nitrogen and oxygen atoms in total. The Morgan fingerprint density at radius 2 is 1.80 bits per heavy atom. The molecule has 2 rings (SSSR count). The van der Waals surface area contributed by atoms with Crippen LogP contribution in [-0.4, -0.2) is 20.8 Å². The van der Waals surface area contributed by atoms with Gasteiger partial charge in [0.25, 0.3) is 0 Å². The molecule has 1 aliphatic carbocycles. The lowest BCUT2D eigenvalue weighted by Gasteiger charge is -2.07. The summed E-state index contributed by atoms with van der Waals surface area (Å²) in [5.74, 6) is 2.94. The van der Waals surface area contributed by atoms with Crippen LogP contribution in [0.1, 0.15) is 17.9 Å².